The number of aromatic nitrogens is 2. The van der Waals surface area contributed by atoms with Gasteiger partial charge in [0, 0.05) is 36.0 Å². The van der Waals surface area contributed by atoms with E-state index in [9.17, 15) is 13.2 Å². The lowest BCUT2D eigenvalue weighted by atomic mass is 10.1. The Balaban J connectivity index is 1.65. The van der Waals surface area contributed by atoms with Gasteiger partial charge in [-0.15, -0.1) is 11.3 Å². The Labute approximate surface area is 186 Å². The van der Waals surface area contributed by atoms with Crippen molar-refractivity contribution in [1.82, 2.24) is 14.5 Å². The highest BCUT2D eigenvalue weighted by Crippen LogP contribution is 2.29. The zero-order valence-corrected chi connectivity index (χ0v) is 19.3. The molecule has 4 rings (SSSR count). The maximum Gasteiger partial charge on any atom is 0.263 e. The first kappa shape index (κ1) is 21.6. The summed E-state index contributed by atoms with van der Waals surface area (Å²) in [4.78, 5) is 19.3. The molecule has 0 atom stereocenters. The summed E-state index contributed by atoms with van der Waals surface area (Å²) in [5.41, 5.74) is 3.03. The second kappa shape index (κ2) is 8.84. The molecule has 1 saturated heterocycles. The molecule has 1 aliphatic rings. The normalized spacial score (nSPS) is 14.6. The number of anilines is 1. The number of likely N-dealkylation sites (tertiary alicyclic amines) is 1. The van der Waals surface area contributed by atoms with E-state index >= 15 is 0 Å². The Morgan fingerprint density at radius 3 is 2.48 bits per heavy atom. The zero-order chi connectivity index (χ0) is 22.0. The van der Waals surface area contributed by atoms with Gasteiger partial charge in [-0.05, 0) is 51.3 Å². The van der Waals surface area contributed by atoms with Gasteiger partial charge in [-0.3, -0.25) is 9.52 Å². The number of aryl methyl sites for hydroxylation is 2. The first-order valence-corrected chi connectivity index (χ1v) is 12.7. The lowest BCUT2D eigenvalue weighted by Crippen LogP contribution is -2.37. The first-order valence-electron chi connectivity index (χ1n) is 10.3. The zero-order valence-electron chi connectivity index (χ0n) is 17.7. The molecule has 1 N–H and O–H groups in total. The van der Waals surface area contributed by atoms with Crippen molar-refractivity contribution in [2.75, 3.05) is 17.8 Å². The molecule has 0 aliphatic carbocycles. The molecule has 9 heteroatoms. The Morgan fingerprint density at radius 1 is 1.13 bits per heavy atom. The van der Waals surface area contributed by atoms with Crippen LogP contribution in [-0.2, 0) is 21.4 Å². The van der Waals surface area contributed by atoms with Gasteiger partial charge in [0.05, 0.1) is 5.69 Å². The van der Waals surface area contributed by atoms with Crippen LogP contribution >= 0.6 is 11.3 Å². The summed E-state index contributed by atoms with van der Waals surface area (Å²) in [5.74, 6) is 0.000250. The largest absolute Gasteiger partial charge is 0.341 e. The van der Waals surface area contributed by atoms with E-state index in [2.05, 4.69) is 9.71 Å². The number of benzene rings is 1. The Bertz CT molecular complexity index is 1170. The summed E-state index contributed by atoms with van der Waals surface area (Å²) >= 11 is 1.44. The van der Waals surface area contributed by atoms with Gasteiger partial charge in [0.25, 0.3) is 10.0 Å². The van der Waals surface area contributed by atoms with Crippen LogP contribution in [0.15, 0.2) is 46.8 Å². The fraction of sp³-hybridized carbons (Fsp3) is 0.364. The van der Waals surface area contributed by atoms with Crippen LogP contribution in [0.1, 0.15) is 30.5 Å². The summed E-state index contributed by atoms with van der Waals surface area (Å²) in [5, 5.41) is 2.61. The molecular formula is C22H26N4O3S2. The van der Waals surface area contributed by atoms with E-state index in [-0.39, 0.29) is 17.3 Å². The maximum absolute atomic E-state index is 13.0. The van der Waals surface area contributed by atoms with Crippen LogP contribution in [0.2, 0.25) is 0 Å². The van der Waals surface area contributed by atoms with Crippen molar-refractivity contribution in [2.24, 2.45) is 0 Å². The molecule has 1 amide bonds. The second-order valence-electron chi connectivity index (χ2n) is 7.90. The Hall–Kier alpha value is -2.65. The third-order valence-electron chi connectivity index (χ3n) is 5.34. The number of hydrogen-bond donors (Lipinski definition) is 1. The number of amides is 1. The predicted molar refractivity (Wildman–Crippen MR) is 123 cm³/mol. The minimum Gasteiger partial charge on any atom is -0.341 e. The van der Waals surface area contributed by atoms with Crippen molar-refractivity contribution in [1.29, 1.82) is 0 Å². The Kier molecular flexibility index (Phi) is 6.15. The lowest BCUT2D eigenvalue weighted by molar-refractivity contribution is -0.132. The number of nitrogens with zero attached hydrogens (tertiary/aromatic N) is 3. The van der Waals surface area contributed by atoms with Crippen molar-refractivity contribution in [2.45, 2.75) is 44.6 Å². The summed E-state index contributed by atoms with van der Waals surface area (Å²) < 4.78 is 30.4. The number of nitrogens with one attached hydrogen (secondary N) is 1. The van der Waals surface area contributed by atoms with Crippen LogP contribution in [0.4, 0.5) is 5.69 Å². The topological polar surface area (TPSA) is 84.3 Å². The van der Waals surface area contributed by atoms with E-state index in [1.54, 1.807) is 22.8 Å². The number of hydrogen-bond acceptors (Lipinski definition) is 5. The molecule has 3 heterocycles. The van der Waals surface area contributed by atoms with Gasteiger partial charge in [-0.2, -0.15) is 0 Å². The first-order chi connectivity index (χ1) is 14.8. The van der Waals surface area contributed by atoms with Gasteiger partial charge in [-0.1, -0.05) is 17.7 Å². The molecule has 31 heavy (non-hydrogen) atoms. The Morgan fingerprint density at radius 2 is 1.84 bits per heavy atom. The third kappa shape index (κ3) is 4.99. The average Bonchev–Trinajstić information content (AvgIpc) is 3.37. The van der Waals surface area contributed by atoms with Crippen molar-refractivity contribution in [3.63, 3.8) is 0 Å². The maximum atomic E-state index is 13.0. The van der Waals surface area contributed by atoms with Crippen LogP contribution in [0.25, 0.3) is 10.7 Å². The summed E-state index contributed by atoms with van der Waals surface area (Å²) in [7, 11) is -3.81. The molecule has 7 nitrogen and oxygen atoms in total. The van der Waals surface area contributed by atoms with Gasteiger partial charge in [0.2, 0.25) is 5.91 Å². The smallest absolute Gasteiger partial charge is 0.263 e. The molecule has 2 aromatic heterocycles. The van der Waals surface area contributed by atoms with Gasteiger partial charge in [-0.25, -0.2) is 13.4 Å². The molecule has 1 aliphatic heterocycles. The molecule has 0 saturated carbocycles. The number of carbonyl (C=O) groups excluding carboxylic acids is 1. The van der Waals surface area contributed by atoms with Crippen molar-refractivity contribution in [3.05, 3.63) is 53.2 Å². The van der Waals surface area contributed by atoms with Crippen molar-refractivity contribution >= 4 is 33.0 Å². The molecular weight excluding hydrogens is 432 g/mol. The standard InChI is InChI=1S/C22H26N4O3S2/c1-16-6-8-18(9-7-16)24-31(28,29)19-12-20(22-23-17(2)15-30-22)26(13-19)14-21(27)25-10-4-3-5-11-25/h6-9,12-13,15,24H,3-5,10-11,14H2,1-2H3. The van der Waals surface area contributed by atoms with Gasteiger partial charge in [0.1, 0.15) is 16.4 Å². The SMILES string of the molecule is Cc1ccc(NS(=O)(=O)c2cc(-c3nc(C)cs3)n(CC(=O)N3CCCCC3)c2)cc1. The highest BCUT2D eigenvalue weighted by molar-refractivity contribution is 7.92. The number of piperidine rings is 1. The van der Waals surface area contributed by atoms with Gasteiger partial charge < -0.3 is 9.47 Å². The molecule has 1 fully saturated rings. The summed E-state index contributed by atoms with van der Waals surface area (Å²) in [6, 6.07) is 8.76. The molecule has 0 bridgehead atoms. The fourth-order valence-electron chi connectivity index (χ4n) is 3.64. The monoisotopic (exact) mass is 458 g/mol. The minimum absolute atomic E-state index is 0.000250. The minimum atomic E-state index is -3.81. The average molecular weight is 459 g/mol. The van der Waals surface area contributed by atoms with Crippen LogP contribution in [0.3, 0.4) is 0 Å². The van der Waals surface area contributed by atoms with Gasteiger partial charge in [0.15, 0.2) is 0 Å². The van der Waals surface area contributed by atoms with E-state index < -0.39 is 10.0 Å². The number of rotatable bonds is 6. The van der Waals surface area contributed by atoms with Crippen LogP contribution < -0.4 is 4.72 Å². The summed E-state index contributed by atoms with van der Waals surface area (Å²) in [6.45, 7) is 5.44. The van der Waals surface area contributed by atoms with E-state index in [1.807, 2.05) is 36.3 Å². The number of thiazole rings is 1. The van der Waals surface area contributed by atoms with E-state index in [4.69, 9.17) is 0 Å². The lowest BCUT2D eigenvalue weighted by Gasteiger charge is -2.27. The van der Waals surface area contributed by atoms with Crippen LogP contribution in [-0.4, -0.2) is 41.9 Å². The summed E-state index contributed by atoms with van der Waals surface area (Å²) in [6.07, 6.45) is 4.69. The van der Waals surface area contributed by atoms with Crippen LogP contribution in [0, 0.1) is 13.8 Å². The van der Waals surface area contributed by atoms with Crippen molar-refractivity contribution in [3.8, 4) is 10.7 Å². The molecule has 1 aromatic carbocycles. The molecule has 3 aromatic rings. The van der Waals surface area contributed by atoms with E-state index in [1.165, 1.54) is 17.5 Å². The highest BCUT2D eigenvalue weighted by atomic mass is 32.2. The predicted octanol–water partition coefficient (Wildman–Crippen LogP) is 4.04. The van der Waals surface area contributed by atoms with Gasteiger partial charge >= 0.3 is 0 Å². The molecule has 0 radical (unpaired) electrons. The quantitative estimate of drug-likeness (QED) is 0.604. The van der Waals surface area contributed by atoms with E-state index in [0.717, 1.165) is 43.6 Å². The number of sulfonamides is 1. The molecule has 164 valence electrons. The molecule has 0 unspecified atom stereocenters. The van der Waals surface area contributed by atoms with Crippen LogP contribution in [0.5, 0.6) is 0 Å². The highest BCUT2D eigenvalue weighted by Gasteiger charge is 2.24. The second-order valence-corrected chi connectivity index (χ2v) is 10.4. The number of carbonyl (C=O) groups is 1. The molecule has 0 spiro atoms. The van der Waals surface area contributed by atoms with E-state index in [0.29, 0.717) is 16.4 Å². The van der Waals surface area contributed by atoms with Crippen molar-refractivity contribution < 1.29 is 13.2 Å². The third-order valence-corrected chi connectivity index (χ3v) is 7.67. The fourth-order valence-corrected chi connectivity index (χ4v) is 5.56.